The zero-order valence-electron chi connectivity index (χ0n) is 5.33. The van der Waals surface area contributed by atoms with Gasteiger partial charge in [0, 0.05) is 6.42 Å². The second kappa shape index (κ2) is 4.21. The van der Waals surface area contributed by atoms with E-state index in [4.69, 9.17) is 5.11 Å². The summed E-state index contributed by atoms with van der Waals surface area (Å²) in [5.41, 5.74) is 0. The number of ketones is 1. The highest BCUT2D eigenvalue weighted by Crippen LogP contribution is 1.94. The van der Waals surface area contributed by atoms with Gasteiger partial charge in [0.2, 0.25) is 0 Å². The third kappa shape index (κ3) is 5.17. The van der Waals surface area contributed by atoms with Crippen molar-refractivity contribution >= 4 is 12.1 Å². The minimum Gasteiger partial charge on any atom is -0.393 e. The molecule has 1 atom stereocenters. The molecule has 0 aliphatic rings. The van der Waals surface area contributed by atoms with Crippen LogP contribution in [0.2, 0.25) is 0 Å². The van der Waals surface area contributed by atoms with Crippen molar-refractivity contribution in [2.45, 2.75) is 25.9 Å². The van der Waals surface area contributed by atoms with E-state index in [-0.39, 0.29) is 12.7 Å². The van der Waals surface area contributed by atoms with Crippen LogP contribution in [0.4, 0.5) is 0 Å². The maximum atomic E-state index is 10.2. The van der Waals surface area contributed by atoms with Crippen LogP contribution in [0.3, 0.4) is 0 Å². The molecule has 3 heteroatoms. The fraction of sp³-hybridized carbons (Fsp3) is 0.667. The molecule has 0 heterocycles. The van der Waals surface area contributed by atoms with Gasteiger partial charge in [0.15, 0.2) is 12.1 Å². The monoisotopic (exact) mass is 130 g/mol. The standard InChI is InChI=1S/C6H10O3/c1-5(8)2-3-6(9)4-7/h4-5,8H,2-3H2,1H3. The Kier molecular flexibility index (Phi) is 3.88. The molecule has 0 aliphatic carbocycles. The van der Waals surface area contributed by atoms with Crippen LogP contribution in [-0.2, 0) is 9.59 Å². The fourth-order valence-corrected chi connectivity index (χ4v) is 0.410. The topological polar surface area (TPSA) is 54.4 Å². The largest absolute Gasteiger partial charge is 0.393 e. The summed E-state index contributed by atoms with van der Waals surface area (Å²) in [6, 6.07) is 0. The molecule has 0 aromatic heterocycles. The number of hydrogen-bond donors (Lipinski definition) is 1. The summed E-state index contributed by atoms with van der Waals surface area (Å²) in [6.07, 6.45) is 0.315. The van der Waals surface area contributed by atoms with Gasteiger partial charge in [0.1, 0.15) is 0 Å². The Labute approximate surface area is 53.7 Å². The van der Waals surface area contributed by atoms with Gasteiger partial charge in [0.25, 0.3) is 0 Å². The Morgan fingerprint density at radius 2 is 2.33 bits per heavy atom. The zero-order chi connectivity index (χ0) is 7.28. The van der Waals surface area contributed by atoms with Gasteiger partial charge < -0.3 is 5.11 Å². The molecule has 0 fully saturated rings. The third-order valence-electron chi connectivity index (χ3n) is 0.940. The molecular weight excluding hydrogens is 120 g/mol. The van der Waals surface area contributed by atoms with Gasteiger partial charge in [-0.05, 0) is 13.3 Å². The van der Waals surface area contributed by atoms with Crippen molar-refractivity contribution in [2.24, 2.45) is 0 Å². The lowest BCUT2D eigenvalue weighted by molar-refractivity contribution is -0.130. The van der Waals surface area contributed by atoms with Crippen LogP contribution in [0.15, 0.2) is 0 Å². The summed E-state index contributed by atoms with van der Waals surface area (Å²) < 4.78 is 0. The highest BCUT2D eigenvalue weighted by molar-refractivity contribution is 6.24. The van der Waals surface area contributed by atoms with Crippen molar-refractivity contribution in [3.05, 3.63) is 0 Å². The molecule has 0 rings (SSSR count). The van der Waals surface area contributed by atoms with Crippen molar-refractivity contribution in [3.8, 4) is 0 Å². The highest BCUT2D eigenvalue weighted by Gasteiger charge is 2.00. The quantitative estimate of drug-likeness (QED) is 0.427. The molecule has 0 amide bonds. The number of carbonyl (C=O) groups is 2. The summed E-state index contributed by atoms with van der Waals surface area (Å²) >= 11 is 0. The highest BCUT2D eigenvalue weighted by atomic mass is 16.3. The molecule has 1 N–H and O–H groups in total. The summed E-state index contributed by atoms with van der Waals surface area (Å²) in [5, 5.41) is 8.63. The molecule has 0 radical (unpaired) electrons. The first-order valence-electron chi connectivity index (χ1n) is 2.83. The Morgan fingerprint density at radius 1 is 1.78 bits per heavy atom. The molecule has 0 saturated heterocycles. The second-order valence-corrected chi connectivity index (χ2v) is 1.97. The van der Waals surface area contributed by atoms with Crippen LogP contribution in [0.5, 0.6) is 0 Å². The third-order valence-corrected chi connectivity index (χ3v) is 0.940. The smallest absolute Gasteiger partial charge is 0.195 e. The van der Waals surface area contributed by atoms with Crippen LogP contribution in [0.1, 0.15) is 19.8 Å². The van der Waals surface area contributed by atoms with Gasteiger partial charge in [-0.25, -0.2) is 0 Å². The Bertz CT molecular complexity index is 107. The van der Waals surface area contributed by atoms with E-state index in [9.17, 15) is 9.59 Å². The molecule has 0 aliphatic heterocycles. The van der Waals surface area contributed by atoms with Crippen LogP contribution < -0.4 is 0 Å². The molecule has 3 nitrogen and oxygen atoms in total. The minimum atomic E-state index is -0.492. The molecule has 0 aromatic rings. The van der Waals surface area contributed by atoms with Gasteiger partial charge in [-0.2, -0.15) is 0 Å². The van der Waals surface area contributed by atoms with Crippen molar-refractivity contribution in [1.29, 1.82) is 0 Å². The lowest BCUT2D eigenvalue weighted by Gasteiger charge is -1.97. The normalized spacial score (nSPS) is 12.7. The number of aldehydes is 1. The number of aliphatic hydroxyl groups is 1. The number of carbonyl (C=O) groups excluding carboxylic acids is 2. The Morgan fingerprint density at radius 3 is 2.67 bits per heavy atom. The predicted molar refractivity (Wildman–Crippen MR) is 32.0 cm³/mol. The number of Topliss-reactive ketones (excluding diaryl/α,β-unsaturated/α-hetero) is 1. The van der Waals surface area contributed by atoms with E-state index in [1.165, 1.54) is 0 Å². The first-order valence-corrected chi connectivity index (χ1v) is 2.83. The first kappa shape index (κ1) is 8.30. The average Bonchev–Trinajstić information content (AvgIpc) is 1.83. The van der Waals surface area contributed by atoms with E-state index < -0.39 is 11.9 Å². The van der Waals surface area contributed by atoms with Gasteiger partial charge in [0.05, 0.1) is 6.10 Å². The predicted octanol–water partition coefficient (Wildman–Crippen LogP) is -0.0846. The average molecular weight is 130 g/mol. The van der Waals surface area contributed by atoms with E-state index in [1.807, 2.05) is 0 Å². The summed E-state index contributed by atoms with van der Waals surface area (Å²) in [7, 11) is 0. The fourth-order valence-electron chi connectivity index (χ4n) is 0.410. The van der Waals surface area contributed by atoms with Crippen LogP contribution in [-0.4, -0.2) is 23.3 Å². The molecular formula is C6H10O3. The van der Waals surface area contributed by atoms with Crippen molar-refractivity contribution in [3.63, 3.8) is 0 Å². The zero-order valence-corrected chi connectivity index (χ0v) is 5.33. The number of rotatable bonds is 4. The summed E-state index contributed by atoms with van der Waals surface area (Å²) in [6.45, 7) is 1.58. The molecule has 0 spiro atoms. The summed E-state index contributed by atoms with van der Waals surface area (Å²) in [4.78, 5) is 19.9. The maximum Gasteiger partial charge on any atom is 0.195 e. The lowest BCUT2D eigenvalue weighted by Crippen LogP contribution is -2.05. The SMILES string of the molecule is CC(O)CCC(=O)C=O. The van der Waals surface area contributed by atoms with Crippen molar-refractivity contribution < 1.29 is 14.7 Å². The minimum absolute atomic E-state index is 0.154. The van der Waals surface area contributed by atoms with Crippen LogP contribution in [0, 0.1) is 0 Å². The van der Waals surface area contributed by atoms with E-state index in [0.717, 1.165) is 0 Å². The molecule has 0 bridgehead atoms. The molecule has 0 saturated carbocycles. The van der Waals surface area contributed by atoms with Gasteiger partial charge in [-0.15, -0.1) is 0 Å². The van der Waals surface area contributed by atoms with Crippen molar-refractivity contribution in [2.75, 3.05) is 0 Å². The maximum absolute atomic E-state index is 10.2. The van der Waals surface area contributed by atoms with E-state index >= 15 is 0 Å². The van der Waals surface area contributed by atoms with E-state index in [1.54, 1.807) is 6.92 Å². The van der Waals surface area contributed by atoms with Gasteiger partial charge in [-0.3, -0.25) is 9.59 Å². The summed E-state index contributed by atoms with van der Waals surface area (Å²) in [5.74, 6) is -0.448. The van der Waals surface area contributed by atoms with Crippen molar-refractivity contribution in [1.82, 2.24) is 0 Å². The molecule has 52 valence electrons. The number of aliphatic hydroxyl groups excluding tert-OH is 1. The molecule has 0 aromatic carbocycles. The first-order chi connectivity index (χ1) is 4.16. The molecule has 1 unspecified atom stereocenters. The van der Waals surface area contributed by atoms with E-state index in [2.05, 4.69) is 0 Å². The lowest BCUT2D eigenvalue weighted by atomic mass is 10.2. The second-order valence-electron chi connectivity index (χ2n) is 1.97. The Hall–Kier alpha value is -0.700. The van der Waals surface area contributed by atoms with Gasteiger partial charge in [-0.1, -0.05) is 0 Å². The Balaban J connectivity index is 3.27. The van der Waals surface area contributed by atoms with Gasteiger partial charge >= 0.3 is 0 Å². The van der Waals surface area contributed by atoms with Crippen LogP contribution >= 0.6 is 0 Å². The molecule has 9 heavy (non-hydrogen) atoms. The van der Waals surface area contributed by atoms with E-state index in [0.29, 0.717) is 6.42 Å². The van der Waals surface area contributed by atoms with Crippen LogP contribution in [0.25, 0.3) is 0 Å². The number of hydrogen-bond acceptors (Lipinski definition) is 3.